The number of Topliss-reactive ketones (excluding diaryl/α,β-unsaturated/α-hetero) is 1. The fourth-order valence-electron chi connectivity index (χ4n) is 9.33. The maximum Gasteiger partial charge on any atom is 0.316 e. The van der Waals surface area contributed by atoms with Crippen LogP contribution in [-0.2, 0) is 26.3 Å². The third kappa shape index (κ3) is 6.58. The van der Waals surface area contributed by atoms with Gasteiger partial charge in [-0.05, 0) is 53.9 Å². The van der Waals surface area contributed by atoms with Gasteiger partial charge in [-0.2, -0.15) is 0 Å². The third-order valence-electron chi connectivity index (χ3n) is 12.7. The molecule has 49 heavy (non-hydrogen) atoms. The largest absolute Gasteiger partial charge is 0.461 e. The van der Waals surface area contributed by atoms with Gasteiger partial charge in [0.15, 0.2) is 23.3 Å². The van der Waals surface area contributed by atoms with Crippen LogP contribution in [0.4, 0.5) is 0 Å². The molecule has 0 amide bonds. The molecule has 1 aromatic carbocycles. The van der Waals surface area contributed by atoms with Gasteiger partial charge in [0.25, 0.3) is 0 Å². The van der Waals surface area contributed by atoms with Crippen molar-refractivity contribution in [2.45, 2.75) is 109 Å². The van der Waals surface area contributed by atoms with E-state index in [0.29, 0.717) is 12.8 Å². The zero-order chi connectivity index (χ0) is 35.4. The summed E-state index contributed by atoms with van der Waals surface area (Å²) in [6.45, 7) is 20.1. The van der Waals surface area contributed by atoms with Crippen molar-refractivity contribution in [3.8, 4) is 11.3 Å². The number of aliphatic hydroxyl groups excluding tert-OH is 1. The smallest absolute Gasteiger partial charge is 0.316 e. The first-order chi connectivity index (χ1) is 23.1. The number of ether oxygens (including phenoxy) is 1. The van der Waals surface area contributed by atoms with Crippen molar-refractivity contribution in [1.82, 2.24) is 4.98 Å². The summed E-state index contributed by atoms with van der Waals surface area (Å²) in [5.74, 6) is 0.00746. The summed E-state index contributed by atoms with van der Waals surface area (Å²) in [5, 5.41) is 13.8. The molecule has 0 spiro atoms. The number of carbonyl (C=O) groups excluding carboxylic acids is 2. The van der Waals surface area contributed by atoms with Crippen molar-refractivity contribution < 1.29 is 24.0 Å². The minimum absolute atomic E-state index is 0.0503. The zero-order valence-electron chi connectivity index (χ0n) is 30.2. The lowest BCUT2D eigenvalue weighted by molar-refractivity contribution is -0.688. The van der Waals surface area contributed by atoms with Crippen molar-refractivity contribution >= 4 is 34.9 Å². The summed E-state index contributed by atoms with van der Waals surface area (Å²) in [6, 6.07) is 13.0. The van der Waals surface area contributed by atoms with Crippen LogP contribution in [-0.4, -0.2) is 39.8 Å². The van der Waals surface area contributed by atoms with Crippen molar-refractivity contribution in [2.75, 3.05) is 5.75 Å². The van der Waals surface area contributed by atoms with Crippen molar-refractivity contribution in [3.63, 3.8) is 0 Å². The zero-order valence-corrected chi connectivity index (χ0v) is 31.8. The van der Waals surface area contributed by atoms with Gasteiger partial charge in [-0.3, -0.25) is 9.59 Å². The average Bonchev–Trinajstić information content (AvgIpc) is 3.70. The van der Waals surface area contributed by atoms with E-state index >= 15 is 0 Å². The lowest BCUT2D eigenvalue weighted by Crippen LogP contribution is -2.63. The number of hydrogen-bond acceptors (Lipinski definition) is 7. The van der Waals surface area contributed by atoms with Gasteiger partial charge < -0.3 is 9.84 Å². The Morgan fingerprint density at radius 1 is 1.14 bits per heavy atom. The fourth-order valence-corrected chi connectivity index (χ4v) is 10.9. The van der Waals surface area contributed by atoms with E-state index in [2.05, 4.69) is 101 Å². The SMILES string of the molecule is C=C[C@]1(C)C[C@@H](OC(=O)CSc2nc(-c3cc[n+](Cc4ccc(C(C)(C)C)cc4)cc3)cs2)[C@]2(C)[C@H](C)CC[C@]3(CCC(=O)[C@H]32)[C@@H](C)[C@@H]1O. The van der Waals surface area contributed by atoms with Gasteiger partial charge in [0.05, 0.1) is 17.6 Å². The Morgan fingerprint density at radius 2 is 1.84 bits per heavy atom. The summed E-state index contributed by atoms with van der Waals surface area (Å²) >= 11 is 2.91. The summed E-state index contributed by atoms with van der Waals surface area (Å²) in [7, 11) is 0. The lowest BCUT2D eigenvalue weighted by atomic mass is 9.44. The number of esters is 1. The Bertz CT molecular complexity index is 1700. The van der Waals surface area contributed by atoms with Crippen LogP contribution in [0, 0.1) is 34.0 Å². The number of aliphatic hydroxyl groups is 1. The number of ketones is 1. The molecule has 2 bridgehead atoms. The molecule has 3 aromatic rings. The number of pyridine rings is 1. The Labute approximate surface area is 300 Å². The number of thiazole rings is 1. The van der Waals surface area contributed by atoms with Gasteiger partial charge in [-0.25, -0.2) is 9.55 Å². The lowest BCUT2D eigenvalue weighted by Gasteiger charge is -2.61. The minimum Gasteiger partial charge on any atom is -0.461 e. The highest BCUT2D eigenvalue weighted by Gasteiger charge is 2.68. The number of aromatic nitrogens is 2. The molecule has 8 heteroatoms. The van der Waals surface area contributed by atoms with E-state index < -0.39 is 23.0 Å². The van der Waals surface area contributed by atoms with Crippen LogP contribution in [0.5, 0.6) is 0 Å². The number of hydrogen-bond donors (Lipinski definition) is 1. The molecule has 0 unspecified atom stereocenters. The number of thioether (sulfide) groups is 1. The molecule has 6 rings (SSSR count). The standard InChI is InChI=1S/C41H53N2O4S2/c1-9-39(7)22-33(40(8)26(2)14-18-41(27(3)36(39)46)19-15-32(44)35(40)41)47-34(45)25-49-37-42-31(24-48-37)29-16-20-43(21-17-29)23-28-10-12-30(13-11-28)38(4,5)6/h9-13,16-17,20-21,24,26-27,33,35-36,46H,1,14-15,18-19,22-23,25H2,2-8H3/q+1/t26-,27+,33-,35+,36+,39-,40+,41+/m1/s1. The van der Waals surface area contributed by atoms with Crippen molar-refractivity contribution in [3.05, 3.63) is 78.0 Å². The second-order valence-corrected chi connectivity index (χ2v) is 18.6. The highest BCUT2D eigenvalue weighted by molar-refractivity contribution is 8.01. The summed E-state index contributed by atoms with van der Waals surface area (Å²) in [6.07, 6.45) is 8.46. The Balaban J connectivity index is 1.13. The first kappa shape index (κ1) is 36.0. The van der Waals surface area contributed by atoms with E-state index in [0.717, 1.165) is 41.4 Å². The Hall–Kier alpha value is -2.81. The van der Waals surface area contributed by atoms with E-state index in [-0.39, 0.29) is 46.1 Å². The highest BCUT2D eigenvalue weighted by atomic mass is 32.2. The molecule has 6 nitrogen and oxygen atoms in total. The van der Waals surface area contributed by atoms with Gasteiger partial charge >= 0.3 is 5.97 Å². The predicted octanol–water partition coefficient (Wildman–Crippen LogP) is 8.44. The molecule has 3 aliphatic rings. The highest BCUT2D eigenvalue weighted by Crippen LogP contribution is 2.68. The van der Waals surface area contributed by atoms with Crippen molar-refractivity contribution in [1.29, 1.82) is 0 Å². The first-order valence-corrected chi connectivity index (χ1v) is 19.7. The maximum absolute atomic E-state index is 13.7. The summed E-state index contributed by atoms with van der Waals surface area (Å²) in [4.78, 5) is 32.1. The Kier molecular flexibility index (Phi) is 9.83. The monoisotopic (exact) mass is 701 g/mol. The first-order valence-electron chi connectivity index (χ1n) is 17.8. The predicted molar refractivity (Wildman–Crippen MR) is 197 cm³/mol. The molecule has 0 radical (unpaired) electrons. The van der Waals surface area contributed by atoms with Gasteiger partial charge in [0.2, 0.25) is 0 Å². The third-order valence-corrected chi connectivity index (χ3v) is 14.7. The maximum atomic E-state index is 13.7. The van der Waals surface area contributed by atoms with Gasteiger partial charge in [0.1, 0.15) is 11.9 Å². The van der Waals surface area contributed by atoms with E-state index in [4.69, 9.17) is 9.72 Å². The second-order valence-electron chi connectivity index (χ2n) is 16.6. The average molecular weight is 702 g/mol. The molecule has 3 fully saturated rings. The molecule has 3 saturated carbocycles. The van der Waals surface area contributed by atoms with Gasteiger partial charge in [0, 0.05) is 51.8 Å². The molecule has 8 atom stereocenters. The molecular formula is C41H53N2O4S2+. The van der Waals surface area contributed by atoms with Crippen LogP contribution in [0.15, 0.2) is 71.2 Å². The normalized spacial score (nSPS) is 33.0. The number of nitrogens with zero attached hydrogens (tertiary/aromatic N) is 2. The van der Waals surface area contributed by atoms with Crippen LogP contribution in [0.2, 0.25) is 0 Å². The van der Waals surface area contributed by atoms with Crippen LogP contribution in [0.3, 0.4) is 0 Å². The van der Waals surface area contributed by atoms with Gasteiger partial charge in [-0.1, -0.05) is 90.6 Å². The molecule has 2 heterocycles. The molecular weight excluding hydrogens is 649 g/mol. The minimum atomic E-state index is -0.673. The van der Waals surface area contributed by atoms with E-state index in [1.807, 2.05) is 18.4 Å². The fraction of sp³-hybridized carbons (Fsp3) is 0.561. The van der Waals surface area contributed by atoms with Crippen molar-refractivity contribution in [2.24, 2.45) is 34.0 Å². The molecule has 0 aliphatic heterocycles. The molecule has 2 aromatic heterocycles. The van der Waals surface area contributed by atoms with Crippen LogP contribution in [0.25, 0.3) is 11.3 Å². The summed E-state index contributed by atoms with van der Waals surface area (Å²) in [5.41, 5.74) is 3.19. The van der Waals surface area contributed by atoms with E-state index in [1.165, 1.54) is 34.2 Å². The molecule has 3 aliphatic carbocycles. The van der Waals surface area contributed by atoms with Crippen LogP contribution < -0.4 is 4.57 Å². The van der Waals surface area contributed by atoms with Crippen LogP contribution >= 0.6 is 23.1 Å². The number of rotatable bonds is 8. The van der Waals surface area contributed by atoms with Gasteiger partial charge in [-0.15, -0.1) is 17.9 Å². The molecule has 0 saturated heterocycles. The topological polar surface area (TPSA) is 80.4 Å². The second kappa shape index (κ2) is 13.4. The number of carbonyl (C=O) groups is 2. The summed E-state index contributed by atoms with van der Waals surface area (Å²) < 4.78 is 9.39. The molecule has 262 valence electrons. The van der Waals surface area contributed by atoms with Crippen LogP contribution in [0.1, 0.15) is 91.7 Å². The molecule has 1 N–H and O–H groups in total. The van der Waals surface area contributed by atoms with E-state index in [1.54, 1.807) is 0 Å². The quantitative estimate of drug-likeness (QED) is 0.110. The van der Waals surface area contributed by atoms with E-state index in [9.17, 15) is 14.7 Å². The number of benzene rings is 1. The Morgan fingerprint density at radius 3 is 2.49 bits per heavy atom.